The summed E-state index contributed by atoms with van der Waals surface area (Å²) >= 11 is 0. The maximum Gasteiger partial charge on any atom is 1.00 e. The second kappa shape index (κ2) is 4.37. The molecule has 0 heterocycles. The zero-order chi connectivity index (χ0) is 7.56. The van der Waals surface area contributed by atoms with Crippen LogP contribution in [0.3, 0.4) is 0 Å². The quantitative estimate of drug-likeness (QED) is 0.219. The molecule has 0 aromatic heterocycles. The van der Waals surface area contributed by atoms with Crippen molar-refractivity contribution in [3.8, 4) is 0 Å². The molecule has 1 aliphatic rings. The Bertz CT molecular complexity index is 208. The normalized spacial score (nSPS) is 17.6. The number of hydrogen-bond acceptors (Lipinski definition) is 3. The number of carbonyl (C=O) groups is 2. The molecule has 0 unspecified atom stereocenters. The number of ketones is 1. The number of rotatable bonds is 1. The zero-order valence-corrected chi connectivity index (χ0v) is 6.42. The van der Waals surface area contributed by atoms with Crippen LogP contribution in [-0.4, -0.2) is 12.1 Å². The standard InChI is InChI=1S/C7H8O3.Li/c8-4-5-6(9)2-1-3-7(5)10;/h4,9H,1-3H2;/q;+1/p-1. The van der Waals surface area contributed by atoms with Crippen LogP contribution in [0.2, 0.25) is 0 Å². The van der Waals surface area contributed by atoms with Gasteiger partial charge in [0.1, 0.15) is 0 Å². The van der Waals surface area contributed by atoms with E-state index in [4.69, 9.17) is 0 Å². The van der Waals surface area contributed by atoms with Crippen LogP contribution >= 0.6 is 0 Å². The Morgan fingerprint density at radius 2 is 2.00 bits per heavy atom. The first-order valence-corrected chi connectivity index (χ1v) is 3.14. The molecular weight excluding hydrogens is 139 g/mol. The minimum absolute atomic E-state index is 0. The van der Waals surface area contributed by atoms with E-state index in [1.165, 1.54) is 0 Å². The molecule has 4 heteroatoms. The molecule has 0 aliphatic heterocycles. The third-order valence-corrected chi connectivity index (χ3v) is 1.53. The van der Waals surface area contributed by atoms with E-state index in [1.54, 1.807) is 0 Å². The molecule has 0 atom stereocenters. The molecule has 0 saturated carbocycles. The molecule has 1 aliphatic carbocycles. The fourth-order valence-corrected chi connectivity index (χ4v) is 0.966. The minimum Gasteiger partial charge on any atom is -0.875 e. The Morgan fingerprint density at radius 3 is 2.36 bits per heavy atom. The summed E-state index contributed by atoms with van der Waals surface area (Å²) in [5.74, 6) is -0.600. The van der Waals surface area contributed by atoms with Crippen molar-refractivity contribution >= 4 is 12.1 Å². The van der Waals surface area contributed by atoms with Gasteiger partial charge in [-0.2, -0.15) is 0 Å². The predicted molar refractivity (Wildman–Crippen MR) is 31.9 cm³/mol. The van der Waals surface area contributed by atoms with Crippen molar-refractivity contribution in [3.63, 3.8) is 0 Å². The largest absolute Gasteiger partial charge is 1.00 e. The maximum atomic E-state index is 10.7. The topological polar surface area (TPSA) is 57.2 Å². The molecule has 0 spiro atoms. The van der Waals surface area contributed by atoms with Crippen LogP contribution in [0.4, 0.5) is 0 Å². The summed E-state index contributed by atoms with van der Waals surface area (Å²) < 4.78 is 0. The fraction of sp³-hybridized carbons (Fsp3) is 0.429. The number of aldehydes is 1. The minimum atomic E-state index is -0.300. The van der Waals surface area contributed by atoms with E-state index in [1.807, 2.05) is 0 Å². The average Bonchev–Trinajstić information content (AvgIpc) is 1.88. The number of hydrogen-bond donors (Lipinski definition) is 0. The van der Waals surface area contributed by atoms with Crippen molar-refractivity contribution in [2.45, 2.75) is 19.3 Å². The van der Waals surface area contributed by atoms with E-state index in [0.717, 1.165) is 0 Å². The van der Waals surface area contributed by atoms with Gasteiger partial charge in [-0.3, -0.25) is 9.59 Å². The van der Waals surface area contributed by atoms with Gasteiger partial charge >= 0.3 is 18.9 Å². The molecule has 0 aromatic carbocycles. The van der Waals surface area contributed by atoms with Gasteiger partial charge in [0, 0.05) is 12.0 Å². The van der Waals surface area contributed by atoms with E-state index in [-0.39, 0.29) is 36.0 Å². The Labute approximate surface area is 76.6 Å². The monoisotopic (exact) mass is 146 g/mol. The summed E-state index contributed by atoms with van der Waals surface area (Å²) in [6, 6.07) is 0. The third kappa shape index (κ3) is 2.21. The van der Waals surface area contributed by atoms with E-state index < -0.39 is 0 Å². The first kappa shape index (κ1) is 10.5. The summed E-state index contributed by atoms with van der Waals surface area (Å²) in [4.78, 5) is 20.8. The van der Waals surface area contributed by atoms with Gasteiger partial charge in [-0.1, -0.05) is 0 Å². The van der Waals surface area contributed by atoms with Crippen LogP contribution < -0.4 is 24.0 Å². The SMILES string of the molecule is O=CC1=C([O-])CCCC1=O.[Li+]. The van der Waals surface area contributed by atoms with Gasteiger partial charge in [-0.05, 0) is 12.8 Å². The van der Waals surface area contributed by atoms with Crippen LogP contribution in [0, 0.1) is 0 Å². The smallest absolute Gasteiger partial charge is 0.875 e. The molecule has 0 N–H and O–H groups in total. The summed E-state index contributed by atoms with van der Waals surface area (Å²) in [5, 5.41) is 10.7. The Hall–Kier alpha value is -0.523. The van der Waals surface area contributed by atoms with Gasteiger partial charge in [0.2, 0.25) is 0 Å². The number of allylic oxidation sites excluding steroid dienone is 2. The molecular formula is C7H7LiO3. The third-order valence-electron chi connectivity index (χ3n) is 1.53. The van der Waals surface area contributed by atoms with Crippen LogP contribution in [-0.2, 0) is 9.59 Å². The summed E-state index contributed by atoms with van der Waals surface area (Å²) in [7, 11) is 0. The van der Waals surface area contributed by atoms with Gasteiger partial charge in [-0.15, -0.1) is 5.76 Å². The molecule has 3 nitrogen and oxygen atoms in total. The van der Waals surface area contributed by atoms with Crippen molar-refractivity contribution in [3.05, 3.63) is 11.3 Å². The second-order valence-electron chi connectivity index (χ2n) is 2.23. The molecule has 0 fully saturated rings. The van der Waals surface area contributed by atoms with E-state index in [2.05, 4.69) is 0 Å². The van der Waals surface area contributed by atoms with Crippen LogP contribution in [0.25, 0.3) is 0 Å². The molecule has 0 radical (unpaired) electrons. The maximum absolute atomic E-state index is 10.7. The summed E-state index contributed by atoms with van der Waals surface area (Å²) in [6.45, 7) is 0. The van der Waals surface area contributed by atoms with Crippen molar-refractivity contribution in [1.29, 1.82) is 0 Å². The molecule has 11 heavy (non-hydrogen) atoms. The van der Waals surface area contributed by atoms with Gasteiger partial charge in [0.15, 0.2) is 12.1 Å². The average molecular weight is 146 g/mol. The predicted octanol–water partition coefficient (Wildman–Crippen LogP) is -3.44. The van der Waals surface area contributed by atoms with Crippen LogP contribution in [0.15, 0.2) is 11.3 Å². The molecule has 1 rings (SSSR count). The van der Waals surface area contributed by atoms with Gasteiger partial charge in [0.25, 0.3) is 0 Å². The summed E-state index contributed by atoms with van der Waals surface area (Å²) in [5.41, 5.74) is -0.147. The van der Waals surface area contributed by atoms with Gasteiger partial charge in [0.05, 0.1) is 0 Å². The Morgan fingerprint density at radius 1 is 1.36 bits per heavy atom. The zero-order valence-electron chi connectivity index (χ0n) is 6.42. The molecule has 54 valence electrons. The van der Waals surface area contributed by atoms with Crippen LogP contribution in [0.5, 0.6) is 0 Å². The second-order valence-corrected chi connectivity index (χ2v) is 2.23. The molecule has 0 saturated heterocycles. The van der Waals surface area contributed by atoms with Crippen LogP contribution in [0.1, 0.15) is 19.3 Å². The van der Waals surface area contributed by atoms with Crippen molar-refractivity contribution in [2.24, 2.45) is 0 Å². The first-order chi connectivity index (χ1) is 4.75. The summed E-state index contributed by atoms with van der Waals surface area (Å²) in [6.07, 6.45) is 1.65. The van der Waals surface area contributed by atoms with E-state index >= 15 is 0 Å². The number of Topliss-reactive ketones (excluding diaryl/α,β-unsaturated/α-hetero) is 1. The number of carbonyl (C=O) groups excluding carboxylic acids is 2. The Balaban J connectivity index is 0.000001000. The van der Waals surface area contributed by atoms with E-state index in [9.17, 15) is 14.7 Å². The van der Waals surface area contributed by atoms with Gasteiger partial charge < -0.3 is 5.11 Å². The fourth-order valence-electron chi connectivity index (χ4n) is 0.966. The van der Waals surface area contributed by atoms with Crippen molar-refractivity contribution in [1.82, 2.24) is 0 Å². The van der Waals surface area contributed by atoms with E-state index in [0.29, 0.717) is 25.5 Å². The van der Waals surface area contributed by atoms with Crippen molar-refractivity contribution < 1.29 is 33.6 Å². The molecule has 0 aromatic rings. The van der Waals surface area contributed by atoms with Gasteiger partial charge in [-0.25, -0.2) is 0 Å². The molecule has 0 amide bonds. The van der Waals surface area contributed by atoms with Crippen molar-refractivity contribution in [2.75, 3.05) is 0 Å². The Kier molecular flexibility index (Phi) is 4.17. The first-order valence-electron chi connectivity index (χ1n) is 3.14. The molecule has 0 bridgehead atoms.